The molecule has 3 rings (SSSR count). The van der Waals surface area contributed by atoms with Crippen molar-refractivity contribution in [1.29, 1.82) is 0 Å². The average molecular weight is 272 g/mol. The third-order valence-electron chi connectivity index (χ3n) is 2.59. The summed E-state index contributed by atoms with van der Waals surface area (Å²) in [6.45, 7) is 0. The van der Waals surface area contributed by atoms with Gasteiger partial charge < -0.3 is 8.98 Å². The summed E-state index contributed by atoms with van der Waals surface area (Å²) in [5.41, 5.74) is 1.88. The van der Waals surface area contributed by atoms with Crippen molar-refractivity contribution in [1.82, 2.24) is 19.7 Å². The summed E-state index contributed by atoms with van der Waals surface area (Å²) >= 11 is 1.58. The minimum Gasteiger partial charge on any atom is -0.444 e. The summed E-state index contributed by atoms with van der Waals surface area (Å²) in [5, 5.41) is 8.71. The van der Waals surface area contributed by atoms with Gasteiger partial charge in [0.1, 0.15) is 12.6 Å². The molecule has 0 N–H and O–H groups in total. The quantitative estimate of drug-likeness (QED) is 0.683. The van der Waals surface area contributed by atoms with E-state index in [9.17, 15) is 0 Å². The fraction of sp³-hybridized carbons (Fsp3) is 0.154. The lowest BCUT2D eigenvalue weighted by atomic mass is 10.2. The molecule has 0 aliphatic carbocycles. The van der Waals surface area contributed by atoms with Crippen molar-refractivity contribution in [2.24, 2.45) is 7.05 Å². The molecule has 0 aliphatic heterocycles. The van der Waals surface area contributed by atoms with Gasteiger partial charge in [0, 0.05) is 18.4 Å². The third kappa shape index (κ3) is 2.68. The highest BCUT2D eigenvalue weighted by Crippen LogP contribution is 2.23. The molecule has 0 saturated heterocycles. The zero-order valence-electron chi connectivity index (χ0n) is 10.4. The Labute approximate surface area is 114 Å². The highest BCUT2D eigenvalue weighted by atomic mass is 32.2. The topological polar surface area (TPSA) is 56.7 Å². The van der Waals surface area contributed by atoms with Gasteiger partial charge in [-0.3, -0.25) is 0 Å². The van der Waals surface area contributed by atoms with Gasteiger partial charge >= 0.3 is 0 Å². The van der Waals surface area contributed by atoms with Crippen molar-refractivity contribution in [3.05, 3.63) is 48.6 Å². The van der Waals surface area contributed by atoms with Gasteiger partial charge in [0.25, 0.3) is 0 Å². The lowest BCUT2D eigenvalue weighted by Gasteiger charge is -1.96. The van der Waals surface area contributed by atoms with Crippen LogP contribution in [0, 0.1) is 0 Å². The summed E-state index contributed by atoms with van der Waals surface area (Å²) in [7, 11) is 1.92. The SMILES string of the molecule is Cn1cnnc1SCc1coc(-c2ccccc2)n1. The van der Waals surface area contributed by atoms with E-state index in [0.717, 1.165) is 16.4 Å². The monoisotopic (exact) mass is 272 g/mol. The number of nitrogens with zero attached hydrogens (tertiary/aromatic N) is 4. The van der Waals surface area contributed by atoms with Gasteiger partial charge in [0.2, 0.25) is 5.89 Å². The first kappa shape index (κ1) is 12.0. The predicted octanol–water partition coefficient (Wildman–Crippen LogP) is 2.76. The molecule has 19 heavy (non-hydrogen) atoms. The summed E-state index contributed by atoms with van der Waals surface area (Å²) in [6.07, 6.45) is 3.37. The number of aromatic nitrogens is 4. The molecular weight excluding hydrogens is 260 g/mol. The summed E-state index contributed by atoms with van der Waals surface area (Å²) < 4.78 is 7.36. The standard InChI is InChI=1S/C13H12N4OS/c1-17-9-14-16-13(17)19-8-11-7-18-12(15-11)10-5-3-2-4-6-10/h2-7,9H,8H2,1H3. The van der Waals surface area contributed by atoms with Crippen molar-refractivity contribution >= 4 is 11.8 Å². The number of thioether (sulfide) groups is 1. The van der Waals surface area contributed by atoms with Gasteiger partial charge in [-0.15, -0.1) is 10.2 Å². The number of hydrogen-bond acceptors (Lipinski definition) is 5. The molecule has 0 amide bonds. The molecule has 2 heterocycles. The maximum absolute atomic E-state index is 5.48. The van der Waals surface area contributed by atoms with Gasteiger partial charge in [0.05, 0.1) is 5.69 Å². The van der Waals surface area contributed by atoms with Crippen molar-refractivity contribution in [3.63, 3.8) is 0 Å². The Kier molecular flexibility index (Phi) is 3.33. The van der Waals surface area contributed by atoms with Crippen LogP contribution in [0.1, 0.15) is 5.69 Å². The van der Waals surface area contributed by atoms with Gasteiger partial charge in [0.15, 0.2) is 5.16 Å². The predicted molar refractivity (Wildman–Crippen MR) is 72.5 cm³/mol. The van der Waals surface area contributed by atoms with Gasteiger partial charge in [-0.2, -0.15) is 0 Å². The van der Waals surface area contributed by atoms with E-state index >= 15 is 0 Å². The largest absolute Gasteiger partial charge is 0.444 e. The maximum Gasteiger partial charge on any atom is 0.226 e. The van der Waals surface area contributed by atoms with Crippen LogP contribution in [0.25, 0.3) is 11.5 Å². The summed E-state index contributed by atoms with van der Waals surface area (Å²) in [6, 6.07) is 9.86. The number of aryl methyl sites for hydroxylation is 1. The summed E-state index contributed by atoms with van der Waals surface area (Å²) in [5.74, 6) is 1.36. The molecular formula is C13H12N4OS. The molecule has 0 unspecified atom stereocenters. The van der Waals surface area contributed by atoms with Crippen LogP contribution in [0.5, 0.6) is 0 Å². The minimum atomic E-state index is 0.647. The molecule has 0 bridgehead atoms. The number of rotatable bonds is 4. The minimum absolute atomic E-state index is 0.647. The van der Waals surface area contributed by atoms with Crippen LogP contribution in [0.4, 0.5) is 0 Å². The van der Waals surface area contributed by atoms with Crippen molar-refractivity contribution in [2.75, 3.05) is 0 Å². The lowest BCUT2D eigenvalue weighted by Crippen LogP contribution is -1.90. The Bertz CT molecular complexity index is 662. The zero-order valence-corrected chi connectivity index (χ0v) is 11.2. The molecule has 0 fully saturated rings. The molecule has 0 spiro atoms. The molecule has 96 valence electrons. The Balaban J connectivity index is 1.70. The molecule has 0 atom stereocenters. The Morgan fingerprint density at radius 2 is 2.11 bits per heavy atom. The molecule has 3 aromatic rings. The van der Waals surface area contributed by atoms with Crippen LogP contribution in [-0.4, -0.2) is 19.7 Å². The van der Waals surface area contributed by atoms with Crippen LogP contribution in [0.3, 0.4) is 0 Å². The summed E-state index contributed by atoms with van der Waals surface area (Å²) in [4.78, 5) is 4.46. The maximum atomic E-state index is 5.48. The fourth-order valence-electron chi connectivity index (χ4n) is 1.63. The molecule has 5 nitrogen and oxygen atoms in total. The second-order valence-corrected chi connectivity index (χ2v) is 4.97. The zero-order chi connectivity index (χ0) is 13.1. The van der Waals surface area contributed by atoms with Crippen LogP contribution in [0.2, 0.25) is 0 Å². The first-order valence-electron chi connectivity index (χ1n) is 5.79. The molecule has 0 aliphatic rings. The van der Waals surface area contributed by atoms with Crippen LogP contribution in [-0.2, 0) is 12.8 Å². The van der Waals surface area contributed by atoms with Crippen molar-refractivity contribution in [3.8, 4) is 11.5 Å². The van der Waals surface area contributed by atoms with E-state index < -0.39 is 0 Å². The first-order chi connectivity index (χ1) is 9.33. The first-order valence-corrected chi connectivity index (χ1v) is 6.78. The third-order valence-corrected chi connectivity index (χ3v) is 3.66. The fourth-order valence-corrected chi connectivity index (χ4v) is 2.39. The lowest BCUT2D eigenvalue weighted by molar-refractivity contribution is 0.573. The van der Waals surface area contributed by atoms with E-state index in [1.165, 1.54) is 0 Å². The van der Waals surface area contributed by atoms with E-state index in [-0.39, 0.29) is 0 Å². The normalized spacial score (nSPS) is 10.8. The van der Waals surface area contributed by atoms with E-state index in [0.29, 0.717) is 11.6 Å². The number of hydrogen-bond donors (Lipinski definition) is 0. The van der Waals surface area contributed by atoms with Gasteiger partial charge in [-0.25, -0.2) is 4.98 Å². The second-order valence-electron chi connectivity index (χ2n) is 4.02. The average Bonchev–Trinajstić information content (AvgIpc) is 3.06. The molecule has 2 aromatic heterocycles. The van der Waals surface area contributed by atoms with E-state index in [2.05, 4.69) is 15.2 Å². The van der Waals surface area contributed by atoms with Gasteiger partial charge in [-0.1, -0.05) is 30.0 Å². The van der Waals surface area contributed by atoms with Crippen LogP contribution in [0.15, 0.2) is 52.5 Å². The van der Waals surface area contributed by atoms with E-state index in [1.54, 1.807) is 24.4 Å². The molecule has 6 heteroatoms. The second kappa shape index (κ2) is 5.27. The number of oxazole rings is 1. The smallest absolute Gasteiger partial charge is 0.226 e. The van der Waals surface area contributed by atoms with Gasteiger partial charge in [-0.05, 0) is 12.1 Å². The highest BCUT2D eigenvalue weighted by Gasteiger charge is 2.08. The Hall–Kier alpha value is -2.08. The van der Waals surface area contributed by atoms with Crippen LogP contribution < -0.4 is 0 Å². The van der Waals surface area contributed by atoms with Crippen molar-refractivity contribution < 1.29 is 4.42 Å². The number of benzene rings is 1. The van der Waals surface area contributed by atoms with Crippen molar-refractivity contribution in [2.45, 2.75) is 10.9 Å². The van der Waals surface area contributed by atoms with Crippen LogP contribution >= 0.6 is 11.8 Å². The Morgan fingerprint density at radius 3 is 2.84 bits per heavy atom. The molecule has 1 aromatic carbocycles. The van der Waals surface area contributed by atoms with E-state index in [4.69, 9.17) is 4.42 Å². The highest BCUT2D eigenvalue weighted by molar-refractivity contribution is 7.98. The Morgan fingerprint density at radius 1 is 1.26 bits per heavy atom. The van der Waals surface area contributed by atoms with E-state index in [1.807, 2.05) is 41.9 Å². The molecule has 0 saturated carbocycles. The molecule has 0 radical (unpaired) electrons.